The van der Waals surface area contributed by atoms with Crippen molar-refractivity contribution in [1.82, 2.24) is 4.90 Å². The molecule has 0 aliphatic carbocycles. The summed E-state index contributed by atoms with van der Waals surface area (Å²) in [4.78, 5) is 2.00. The summed E-state index contributed by atoms with van der Waals surface area (Å²) < 4.78 is 28.7. The average Bonchev–Trinajstić information content (AvgIpc) is 2.78. The molecule has 0 saturated carbocycles. The molecule has 0 N–H and O–H groups in total. The second kappa shape index (κ2) is 7.17. The van der Waals surface area contributed by atoms with Crippen LogP contribution in [0.2, 0.25) is 5.02 Å². The molecular weight excluding hydrogens is 310 g/mol. The van der Waals surface area contributed by atoms with Crippen LogP contribution >= 0.6 is 11.6 Å². The number of hydrogen-bond acceptors (Lipinski definition) is 4. The fourth-order valence-corrected chi connectivity index (χ4v) is 4.35. The molecule has 1 fully saturated rings. The lowest BCUT2D eigenvalue weighted by atomic mass is 10.2. The molecule has 6 heteroatoms. The van der Waals surface area contributed by atoms with Gasteiger partial charge in [0.25, 0.3) is 0 Å². The Labute approximate surface area is 131 Å². The minimum absolute atomic E-state index is 0.00555. The van der Waals surface area contributed by atoms with Crippen LogP contribution in [0.15, 0.2) is 24.3 Å². The fourth-order valence-electron chi connectivity index (χ4n) is 2.41. The van der Waals surface area contributed by atoms with Crippen molar-refractivity contribution in [3.05, 3.63) is 29.3 Å². The molecule has 1 aromatic rings. The Bertz CT molecular complexity index is 624. The summed E-state index contributed by atoms with van der Waals surface area (Å²) in [5, 5.41) is 0.620. The van der Waals surface area contributed by atoms with E-state index in [9.17, 15) is 8.42 Å². The molecule has 0 aromatic heterocycles. The van der Waals surface area contributed by atoms with Crippen LogP contribution in [0.5, 0.6) is 5.75 Å². The molecule has 0 radical (unpaired) electrons. The van der Waals surface area contributed by atoms with Gasteiger partial charge >= 0.3 is 0 Å². The number of sulfone groups is 1. The molecule has 1 aliphatic heterocycles. The second-order valence-corrected chi connectivity index (χ2v) is 7.70. The maximum absolute atomic E-state index is 11.6. The summed E-state index contributed by atoms with van der Waals surface area (Å²) in [6.07, 6.45) is 6.01. The Morgan fingerprint density at radius 1 is 1.48 bits per heavy atom. The van der Waals surface area contributed by atoms with Crippen molar-refractivity contribution < 1.29 is 13.2 Å². The predicted molar refractivity (Wildman–Crippen MR) is 84.4 cm³/mol. The lowest BCUT2D eigenvalue weighted by Gasteiger charge is -2.25. The Morgan fingerprint density at radius 3 is 2.90 bits per heavy atom. The zero-order valence-corrected chi connectivity index (χ0v) is 13.2. The van der Waals surface area contributed by atoms with E-state index in [2.05, 4.69) is 5.92 Å². The summed E-state index contributed by atoms with van der Waals surface area (Å²) in [5.74, 6) is 3.71. The van der Waals surface area contributed by atoms with E-state index in [-0.39, 0.29) is 17.5 Å². The van der Waals surface area contributed by atoms with E-state index in [1.807, 2.05) is 17.0 Å². The maximum Gasteiger partial charge on any atom is 0.151 e. The number of ether oxygens (including phenoxy) is 1. The van der Waals surface area contributed by atoms with Gasteiger partial charge in [0.15, 0.2) is 9.84 Å². The Kier molecular flexibility index (Phi) is 5.51. The smallest absolute Gasteiger partial charge is 0.151 e. The van der Waals surface area contributed by atoms with E-state index in [1.165, 1.54) is 0 Å². The van der Waals surface area contributed by atoms with Gasteiger partial charge in [-0.25, -0.2) is 8.42 Å². The minimum atomic E-state index is -2.91. The SMILES string of the molecule is C#CCN(CCOc1cccc(Cl)c1)C1CCS(=O)(=O)C1. The normalized spacial score (nSPS) is 20.3. The van der Waals surface area contributed by atoms with Gasteiger partial charge in [0.05, 0.1) is 18.1 Å². The van der Waals surface area contributed by atoms with Gasteiger partial charge in [-0.3, -0.25) is 4.90 Å². The van der Waals surface area contributed by atoms with Crippen LogP contribution in [0.25, 0.3) is 0 Å². The van der Waals surface area contributed by atoms with Gasteiger partial charge < -0.3 is 4.74 Å². The van der Waals surface area contributed by atoms with Gasteiger partial charge in [-0.05, 0) is 24.6 Å². The molecule has 1 atom stereocenters. The molecule has 1 aliphatic rings. The summed E-state index contributed by atoms with van der Waals surface area (Å²) in [6.45, 7) is 1.47. The van der Waals surface area contributed by atoms with Crippen LogP contribution in [0.1, 0.15) is 6.42 Å². The molecule has 0 spiro atoms. The number of benzene rings is 1. The van der Waals surface area contributed by atoms with Crippen molar-refractivity contribution in [3.8, 4) is 18.1 Å². The first-order valence-corrected chi connectivity index (χ1v) is 8.96. The fraction of sp³-hybridized carbons (Fsp3) is 0.467. The number of terminal acetylenes is 1. The number of rotatable bonds is 6. The Hall–Kier alpha value is -1.22. The summed E-state index contributed by atoms with van der Waals surface area (Å²) in [7, 11) is -2.91. The lowest BCUT2D eigenvalue weighted by Crippen LogP contribution is -2.39. The lowest BCUT2D eigenvalue weighted by molar-refractivity contribution is 0.187. The number of halogens is 1. The van der Waals surface area contributed by atoms with Gasteiger partial charge in [-0.2, -0.15) is 0 Å². The molecule has 1 unspecified atom stereocenters. The van der Waals surface area contributed by atoms with Crippen LogP contribution in [-0.4, -0.2) is 50.6 Å². The highest BCUT2D eigenvalue weighted by atomic mass is 35.5. The van der Waals surface area contributed by atoms with Crippen molar-refractivity contribution >= 4 is 21.4 Å². The van der Waals surface area contributed by atoms with E-state index in [0.717, 1.165) is 0 Å². The minimum Gasteiger partial charge on any atom is -0.492 e. The molecule has 0 amide bonds. The average molecular weight is 328 g/mol. The summed E-state index contributed by atoms with van der Waals surface area (Å²) in [5.41, 5.74) is 0. The van der Waals surface area contributed by atoms with Crippen molar-refractivity contribution in [1.29, 1.82) is 0 Å². The standard InChI is InChI=1S/C15H18ClNO3S/c1-2-7-17(14-6-10-21(18,19)12-14)8-9-20-15-5-3-4-13(16)11-15/h1,3-5,11,14H,6-10,12H2. The van der Waals surface area contributed by atoms with E-state index < -0.39 is 9.84 Å². The Balaban J connectivity index is 1.88. The van der Waals surface area contributed by atoms with E-state index in [0.29, 0.717) is 36.9 Å². The molecule has 2 rings (SSSR count). The molecule has 1 aromatic carbocycles. The first kappa shape index (κ1) is 16.2. The zero-order chi connectivity index (χ0) is 15.3. The third-order valence-corrected chi connectivity index (χ3v) is 5.45. The van der Waals surface area contributed by atoms with Gasteiger partial charge in [-0.1, -0.05) is 23.6 Å². The van der Waals surface area contributed by atoms with E-state index in [4.69, 9.17) is 22.8 Å². The zero-order valence-electron chi connectivity index (χ0n) is 11.7. The Morgan fingerprint density at radius 2 is 2.29 bits per heavy atom. The van der Waals surface area contributed by atoms with Crippen LogP contribution in [0.4, 0.5) is 0 Å². The molecule has 4 nitrogen and oxygen atoms in total. The van der Waals surface area contributed by atoms with E-state index >= 15 is 0 Å². The highest BCUT2D eigenvalue weighted by Crippen LogP contribution is 2.19. The molecule has 1 heterocycles. The van der Waals surface area contributed by atoms with Crippen LogP contribution < -0.4 is 4.74 Å². The molecule has 21 heavy (non-hydrogen) atoms. The molecule has 1 saturated heterocycles. The van der Waals surface area contributed by atoms with Gasteiger partial charge in [-0.15, -0.1) is 6.42 Å². The maximum atomic E-state index is 11.6. The quantitative estimate of drug-likeness (QED) is 0.748. The molecule has 0 bridgehead atoms. The molecular formula is C15H18ClNO3S. The number of nitrogens with zero attached hydrogens (tertiary/aromatic N) is 1. The van der Waals surface area contributed by atoms with Crippen molar-refractivity contribution in [2.24, 2.45) is 0 Å². The van der Waals surface area contributed by atoms with Crippen molar-refractivity contribution in [2.75, 3.05) is 31.2 Å². The van der Waals surface area contributed by atoms with Gasteiger partial charge in [0.1, 0.15) is 12.4 Å². The first-order valence-electron chi connectivity index (χ1n) is 6.76. The van der Waals surface area contributed by atoms with Crippen LogP contribution in [0, 0.1) is 12.3 Å². The van der Waals surface area contributed by atoms with Crippen molar-refractivity contribution in [2.45, 2.75) is 12.5 Å². The first-order chi connectivity index (χ1) is 10.00. The summed E-state index contributed by atoms with van der Waals surface area (Å²) in [6, 6.07) is 7.17. The number of hydrogen-bond donors (Lipinski definition) is 0. The highest BCUT2D eigenvalue weighted by molar-refractivity contribution is 7.91. The largest absolute Gasteiger partial charge is 0.492 e. The topological polar surface area (TPSA) is 46.6 Å². The molecule has 114 valence electrons. The van der Waals surface area contributed by atoms with Crippen LogP contribution in [0.3, 0.4) is 0 Å². The monoisotopic (exact) mass is 327 g/mol. The van der Waals surface area contributed by atoms with Gasteiger partial charge in [0.2, 0.25) is 0 Å². The predicted octanol–water partition coefficient (Wildman–Crippen LogP) is 1.84. The second-order valence-electron chi connectivity index (χ2n) is 5.04. The third kappa shape index (κ3) is 4.92. The van der Waals surface area contributed by atoms with Crippen molar-refractivity contribution in [3.63, 3.8) is 0 Å². The summed E-state index contributed by atoms with van der Waals surface area (Å²) >= 11 is 5.89. The van der Waals surface area contributed by atoms with Gasteiger partial charge in [0, 0.05) is 17.6 Å². The highest BCUT2D eigenvalue weighted by Gasteiger charge is 2.31. The van der Waals surface area contributed by atoms with Crippen LogP contribution in [-0.2, 0) is 9.84 Å². The van der Waals surface area contributed by atoms with E-state index in [1.54, 1.807) is 12.1 Å². The third-order valence-electron chi connectivity index (χ3n) is 3.46.